The number of hydrogen-bond acceptors (Lipinski definition) is 3. The molecule has 0 heterocycles. The van der Waals surface area contributed by atoms with Crippen LogP contribution in [0.1, 0.15) is 20.7 Å². The maximum absolute atomic E-state index is 11.2. The van der Waals surface area contributed by atoms with Gasteiger partial charge in [-0.2, -0.15) is 0 Å². The van der Waals surface area contributed by atoms with Gasteiger partial charge < -0.3 is 10.2 Å². The van der Waals surface area contributed by atoms with E-state index in [2.05, 4.69) is 0 Å². The van der Waals surface area contributed by atoms with E-state index >= 15 is 0 Å². The average molecular weight is 343 g/mol. The number of carboxylic acid groups (broad SMARTS) is 2. The van der Waals surface area contributed by atoms with Crippen LogP contribution in [-0.4, -0.2) is 22.2 Å². The van der Waals surface area contributed by atoms with Crippen LogP contribution in [-0.2, 0) is 0 Å². The number of hydrogen-bond donors (Lipinski definition) is 2. The molecule has 0 bridgehead atoms. The van der Waals surface area contributed by atoms with Gasteiger partial charge in [0, 0.05) is 19.8 Å². The van der Waals surface area contributed by atoms with Crippen molar-refractivity contribution >= 4 is 46.9 Å². The Morgan fingerprint density at radius 3 is 1.52 bits per heavy atom. The van der Waals surface area contributed by atoms with Crippen molar-refractivity contribution in [2.45, 2.75) is 9.79 Å². The molecule has 0 aliphatic rings. The Morgan fingerprint density at radius 1 is 0.810 bits per heavy atom. The summed E-state index contributed by atoms with van der Waals surface area (Å²) in [5.74, 6) is -2.24. The normalized spacial score (nSPS) is 10.4. The first-order valence-corrected chi connectivity index (χ1v) is 7.19. The molecule has 0 radical (unpaired) electrons. The number of halogens is 2. The lowest BCUT2D eigenvalue weighted by molar-refractivity contribution is 0.0683. The van der Waals surface area contributed by atoms with Gasteiger partial charge in [0.25, 0.3) is 0 Å². The molecule has 0 amide bonds. The molecule has 0 fully saturated rings. The first-order chi connectivity index (χ1) is 9.88. The van der Waals surface area contributed by atoms with E-state index in [9.17, 15) is 9.59 Å². The Bertz CT molecular complexity index is 669. The van der Waals surface area contributed by atoms with Gasteiger partial charge >= 0.3 is 11.9 Å². The van der Waals surface area contributed by atoms with Crippen molar-refractivity contribution in [3.05, 3.63) is 57.6 Å². The monoisotopic (exact) mass is 342 g/mol. The second-order valence-electron chi connectivity index (χ2n) is 3.99. The van der Waals surface area contributed by atoms with E-state index in [1.54, 1.807) is 0 Å². The number of carboxylic acids is 2. The molecule has 7 heteroatoms. The molecule has 0 aromatic heterocycles. The number of rotatable bonds is 4. The Kier molecular flexibility index (Phi) is 4.77. The van der Waals surface area contributed by atoms with Crippen LogP contribution < -0.4 is 0 Å². The Balaban J connectivity index is 2.52. The van der Waals surface area contributed by atoms with Crippen LogP contribution in [0.15, 0.2) is 46.2 Å². The van der Waals surface area contributed by atoms with Gasteiger partial charge in [0.2, 0.25) is 0 Å². The number of aromatic carboxylic acids is 2. The molecular formula is C14H8Cl2O4S. The summed E-state index contributed by atoms with van der Waals surface area (Å²) in [5, 5.41) is 19.1. The van der Waals surface area contributed by atoms with Gasteiger partial charge in [0.05, 0.1) is 11.1 Å². The van der Waals surface area contributed by atoms with E-state index < -0.39 is 11.9 Å². The molecule has 4 nitrogen and oxygen atoms in total. The van der Waals surface area contributed by atoms with Crippen molar-refractivity contribution in [3.63, 3.8) is 0 Å². The Hall–Kier alpha value is -1.69. The quantitative estimate of drug-likeness (QED) is 0.852. The highest BCUT2D eigenvalue weighted by molar-refractivity contribution is 7.99. The van der Waals surface area contributed by atoms with Crippen LogP contribution in [0.2, 0.25) is 10.0 Å². The zero-order valence-corrected chi connectivity index (χ0v) is 12.7. The molecule has 2 rings (SSSR count). The van der Waals surface area contributed by atoms with Crippen molar-refractivity contribution in [2.24, 2.45) is 0 Å². The average Bonchev–Trinajstić information content (AvgIpc) is 2.38. The SMILES string of the molecule is O=C(O)c1ccc(Cl)cc1Sc1cc(Cl)ccc1C(=O)O. The summed E-state index contributed by atoms with van der Waals surface area (Å²) in [6.45, 7) is 0. The van der Waals surface area contributed by atoms with Crippen LogP contribution in [0.5, 0.6) is 0 Å². The van der Waals surface area contributed by atoms with Crippen LogP contribution >= 0.6 is 35.0 Å². The lowest BCUT2D eigenvalue weighted by atomic mass is 10.2. The van der Waals surface area contributed by atoms with Crippen molar-refractivity contribution < 1.29 is 19.8 Å². The fraction of sp³-hybridized carbons (Fsp3) is 0. The van der Waals surface area contributed by atoms with Gasteiger partial charge in [-0.1, -0.05) is 35.0 Å². The third-order valence-corrected chi connectivity index (χ3v) is 4.15. The molecule has 0 saturated heterocycles. The third kappa shape index (κ3) is 3.69. The first kappa shape index (κ1) is 15.7. The van der Waals surface area contributed by atoms with Gasteiger partial charge in [-0.15, -0.1) is 0 Å². The van der Waals surface area contributed by atoms with Crippen molar-refractivity contribution in [2.75, 3.05) is 0 Å². The lowest BCUT2D eigenvalue weighted by Gasteiger charge is -2.09. The van der Waals surface area contributed by atoms with Gasteiger partial charge in [-0.25, -0.2) is 9.59 Å². The summed E-state index contributed by atoms with van der Waals surface area (Å²) in [7, 11) is 0. The van der Waals surface area contributed by atoms with Crippen LogP contribution in [0.3, 0.4) is 0 Å². The first-order valence-electron chi connectivity index (χ1n) is 5.62. The summed E-state index contributed by atoms with van der Waals surface area (Å²) in [6.07, 6.45) is 0. The minimum absolute atomic E-state index is 0.0423. The molecule has 0 atom stereocenters. The zero-order valence-electron chi connectivity index (χ0n) is 10.3. The zero-order chi connectivity index (χ0) is 15.6. The van der Waals surface area contributed by atoms with Crippen LogP contribution in [0, 0.1) is 0 Å². The van der Waals surface area contributed by atoms with E-state index in [0.29, 0.717) is 19.8 Å². The van der Waals surface area contributed by atoms with Gasteiger partial charge in [-0.3, -0.25) is 0 Å². The smallest absolute Gasteiger partial charge is 0.336 e. The molecular weight excluding hydrogens is 335 g/mol. The highest BCUT2D eigenvalue weighted by Gasteiger charge is 2.16. The van der Waals surface area contributed by atoms with E-state index in [1.807, 2.05) is 0 Å². The predicted octanol–water partition coefficient (Wildman–Crippen LogP) is 4.54. The van der Waals surface area contributed by atoms with Gasteiger partial charge in [-0.05, 0) is 36.4 Å². The molecule has 0 aliphatic heterocycles. The van der Waals surface area contributed by atoms with Crippen LogP contribution in [0.4, 0.5) is 0 Å². The second kappa shape index (κ2) is 6.39. The predicted molar refractivity (Wildman–Crippen MR) is 80.9 cm³/mol. The van der Waals surface area contributed by atoms with E-state index in [4.69, 9.17) is 33.4 Å². The molecule has 0 unspecified atom stereocenters. The van der Waals surface area contributed by atoms with E-state index in [0.717, 1.165) is 11.8 Å². The highest BCUT2D eigenvalue weighted by atomic mass is 35.5. The summed E-state index contributed by atoms with van der Waals surface area (Å²) >= 11 is 12.7. The van der Waals surface area contributed by atoms with Crippen molar-refractivity contribution in [3.8, 4) is 0 Å². The Labute approximate surface area is 134 Å². The van der Waals surface area contributed by atoms with Crippen molar-refractivity contribution in [1.29, 1.82) is 0 Å². The van der Waals surface area contributed by atoms with E-state index in [-0.39, 0.29) is 11.1 Å². The topological polar surface area (TPSA) is 74.6 Å². The van der Waals surface area contributed by atoms with E-state index in [1.165, 1.54) is 36.4 Å². The summed E-state index contributed by atoms with van der Waals surface area (Å²) in [5.41, 5.74) is 0.0847. The lowest BCUT2D eigenvalue weighted by Crippen LogP contribution is -2.01. The largest absolute Gasteiger partial charge is 0.478 e. The van der Waals surface area contributed by atoms with Gasteiger partial charge in [0.15, 0.2) is 0 Å². The molecule has 2 aromatic carbocycles. The molecule has 0 saturated carbocycles. The summed E-state index contributed by atoms with van der Waals surface area (Å²) in [4.78, 5) is 23.1. The number of carbonyl (C=O) groups is 2. The highest BCUT2D eigenvalue weighted by Crippen LogP contribution is 2.36. The molecule has 2 N–H and O–H groups in total. The minimum Gasteiger partial charge on any atom is -0.478 e. The van der Waals surface area contributed by atoms with Crippen LogP contribution in [0.25, 0.3) is 0 Å². The molecule has 0 aliphatic carbocycles. The van der Waals surface area contributed by atoms with Gasteiger partial charge in [0.1, 0.15) is 0 Å². The summed E-state index contributed by atoms with van der Waals surface area (Å²) in [6, 6.07) is 8.62. The maximum Gasteiger partial charge on any atom is 0.336 e. The Morgan fingerprint density at radius 2 is 1.19 bits per heavy atom. The fourth-order valence-corrected chi connectivity index (χ4v) is 3.25. The number of benzene rings is 2. The maximum atomic E-state index is 11.2. The molecule has 108 valence electrons. The third-order valence-electron chi connectivity index (χ3n) is 2.57. The molecule has 21 heavy (non-hydrogen) atoms. The van der Waals surface area contributed by atoms with Crippen molar-refractivity contribution in [1.82, 2.24) is 0 Å². The standard InChI is InChI=1S/C14H8Cl2O4S/c15-7-1-3-9(13(17)18)11(5-7)21-12-6-8(16)2-4-10(12)14(19)20/h1-6H,(H,17,18)(H,19,20). The summed E-state index contributed by atoms with van der Waals surface area (Å²) < 4.78 is 0. The minimum atomic E-state index is -1.12. The fourth-order valence-electron chi connectivity index (χ4n) is 1.63. The molecule has 0 spiro atoms. The second-order valence-corrected chi connectivity index (χ2v) is 5.95. The molecule has 2 aromatic rings.